The molecule has 1 aliphatic rings. The first kappa shape index (κ1) is 15.6. The summed E-state index contributed by atoms with van der Waals surface area (Å²) >= 11 is 0. The van der Waals surface area contributed by atoms with Gasteiger partial charge in [0.05, 0.1) is 12.1 Å². The largest absolute Gasteiger partial charge is 0.419 e. The van der Waals surface area contributed by atoms with Crippen LogP contribution >= 0.6 is 0 Å². The van der Waals surface area contributed by atoms with E-state index in [1.54, 1.807) is 6.20 Å². The van der Waals surface area contributed by atoms with Crippen molar-refractivity contribution in [3.8, 4) is 11.5 Å². The number of amides is 1. The van der Waals surface area contributed by atoms with Crippen LogP contribution in [0, 0.1) is 12.8 Å². The van der Waals surface area contributed by atoms with Crippen molar-refractivity contribution in [2.45, 2.75) is 52.0 Å². The third-order valence-electron chi connectivity index (χ3n) is 4.26. The number of aryl methyl sites for hydroxylation is 1. The van der Waals surface area contributed by atoms with Gasteiger partial charge in [0.15, 0.2) is 0 Å². The van der Waals surface area contributed by atoms with Crippen molar-refractivity contribution in [1.82, 2.24) is 20.5 Å². The molecule has 0 aromatic carbocycles. The number of carbonyl (C=O) groups excluding carboxylic acids is 1. The maximum absolute atomic E-state index is 12.0. The van der Waals surface area contributed by atoms with Crippen LogP contribution < -0.4 is 5.32 Å². The summed E-state index contributed by atoms with van der Waals surface area (Å²) in [5.41, 5.74) is 1.71. The van der Waals surface area contributed by atoms with Crippen LogP contribution in [-0.4, -0.2) is 21.1 Å². The van der Waals surface area contributed by atoms with Gasteiger partial charge in [0.25, 0.3) is 0 Å². The van der Waals surface area contributed by atoms with Gasteiger partial charge in [0.2, 0.25) is 17.7 Å². The summed E-state index contributed by atoms with van der Waals surface area (Å²) in [7, 11) is 0. The van der Waals surface area contributed by atoms with E-state index in [1.165, 1.54) is 32.1 Å². The van der Waals surface area contributed by atoms with Crippen molar-refractivity contribution < 1.29 is 9.21 Å². The number of hydrogen-bond donors (Lipinski definition) is 1. The van der Waals surface area contributed by atoms with Gasteiger partial charge >= 0.3 is 0 Å². The molecule has 6 nitrogen and oxygen atoms in total. The van der Waals surface area contributed by atoms with Gasteiger partial charge in [-0.25, -0.2) is 0 Å². The number of hydrogen-bond acceptors (Lipinski definition) is 5. The van der Waals surface area contributed by atoms with Gasteiger partial charge in [-0.15, -0.1) is 10.2 Å². The normalized spacial score (nSPS) is 15.5. The summed E-state index contributed by atoms with van der Waals surface area (Å²) in [6, 6.07) is 3.78. The van der Waals surface area contributed by atoms with Gasteiger partial charge in [0.1, 0.15) is 0 Å². The molecule has 1 N–H and O–H groups in total. The molecule has 0 unspecified atom stereocenters. The van der Waals surface area contributed by atoms with E-state index < -0.39 is 0 Å². The van der Waals surface area contributed by atoms with E-state index in [2.05, 4.69) is 20.5 Å². The second-order valence-corrected chi connectivity index (χ2v) is 6.17. The minimum atomic E-state index is 0.0636. The average molecular weight is 314 g/mol. The van der Waals surface area contributed by atoms with Gasteiger partial charge in [-0.2, -0.15) is 0 Å². The Morgan fingerprint density at radius 1 is 1.26 bits per heavy atom. The van der Waals surface area contributed by atoms with Crippen molar-refractivity contribution in [2.75, 3.05) is 0 Å². The molecular formula is C17H22N4O2. The van der Waals surface area contributed by atoms with Crippen LogP contribution in [0.5, 0.6) is 0 Å². The Balaban J connectivity index is 1.50. The molecular weight excluding hydrogens is 292 g/mol. The summed E-state index contributed by atoms with van der Waals surface area (Å²) in [6.07, 6.45) is 8.43. The maximum Gasteiger partial charge on any atom is 0.249 e. The first-order valence-electron chi connectivity index (χ1n) is 8.23. The van der Waals surface area contributed by atoms with Crippen molar-refractivity contribution in [3.05, 3.63) is 29.9 Å². The molecule has 2 heterocycles. The summed E-state index contributed by atoms with van der Waals surface area (Å²) < 4.78 is 5.57. The van der Waals surface area contributed by atoms with Crippen LogP contribution in [0.1, 0.15) is 50.1 Å². The van der Waals surface area contributed by atoms with E-state index >= 15 is 0 Å². The number of nitrogens with zero attached hydrogens (tertiary/aromatic N) is 3. The van der Waals surface area contributed by atoms with Gasteiger partial charge in [-0.1, -0.05) is 19.3 Å². The quantitative estimate of drug-likeness (QED) is 0.917. The molecule has 1 fully saturated rings. The molecule has 0 bridgehead atoms. The number of carbonyl (C=O) groups is 1. The van der Waals surface area contributed by atoms with Gasteiger partial charge < -0.3 is 9.73 Å². The number of nitrogens with one attached hydrogen (secondary N) is 1. The summed E-state index contributed by atoms with van der Waals surface area (Å²) in [5, 5.41) is 10.8. The summed E-state index contributed by atoms with van der Waals surface area (Å²) in [4.78, 5) is 16.2. The second-order valence-electron chi connectivity index (χ2n) is 6.17. The van der Waals surface area contributed by atoms with Crippen molar-refractivity contribution in [3.63, 3.8) is 0 Å². The molecule has 0 saturated heterocycles. The standard InChI is InChI=1S/C17H22N4O2/c1-12-7-8-14(10-18-12)17-21-20-16(23-17)11-19-15(22)9-13-5-3-2-4-6-13/h7-8,10,13H,2-6,9,11H2,1H3,(H,19,22). The van der Waals surface area contributed by atoms with Crippen molar-refractivity contribution in [2.24, 2.45) is 5.92 Å². The minimum Gasteiger partial charge on any atom is -0.419 e. The van der Waals surface area contributed by atoms with E-state index in [0.29, 0.717) is 24.1 Å². The third kappa shape index (κ3) is 4.37. The lowest BCUT2D eigenvalue weighted by molar-refractivity contribution is -0.122. The zero-order chi connectivity index (χ0) is 16.1. The molecule has 3 rings (SSSR count). The SMILES string of the molecule is Cc1ccc(-c2nnc(CNC(=O)CC3CCCCC3)o2)cn1. The van der Waals surface area contributed by atoms with Crippen molar-refractivity contribution >= 4 is 5.91 Å². The maximum atomic E-state index is 12.0. The molecule has 2 aromatic heterocycles. The molecule has 1 aliphatic carbocycles. The average Bonchev–Trinajstić information content (AvgIpc) is 3.04. The molecule has 6 heteroatoms. The molecule has 0 spiro atoms. The lowest BCUT2D eigenvalue weighted by Gasteiger charge is -2.20. The fourth-order valence-corrected chi connectivity index (χ4v) is 2.94. The Kier molecular flexibility index (Phi) is 5.00. The van der Waals surface area contributed by atoms with Crippen LogP contribution in [0.4, 0.5) is 0 Å². The van der Waals surface area contributed by atoms with E-state index in [4.69, 9.17) is 4.42 Å². The van der Waals surface area contributed by atoms with Gasteiger partial charge in [-0.05, 0) is 37.8 Å². The molecule has 0 aliphatic heterocycles. The van der Waals surface area contributed by atoms with E-state index in [0.717, 1.165) is 11.3 Å². The lowest BCUT2D eigenvalue weighted by atomic mass is 9.87. The predicted molar refractivity (Wildman–Crippen MR) is 85.3 cm³/mol. The van der Waals surface area contributed by atoms with Crippen LogP contribution in [0.15, 0.2) is 22.7 Å². The van der Waals surface area contributed by atoms with Gasteiger partial charge in [0, 0.05) is 18.3 Å². The Morgan fingerprint density at radius 2 is 2.09 bits per heavy atom. The molecule has 1 amide bonds. The zero-order valence-corrected chi connectivity index (χ0v) is 13.4. The highest BCUT2D eigenvalue weighted by Crippen LogP contribution is 2.26. The van der Waals surface area contributed by atoms with Crippen LogP contribution in [0.2, 0.25) is 0 Å². The molecule has 23 heavy (non-hydrogen) atoms. The lowest BCUT2D eigenvalue weighted by Crippen LogP contribution is -2.26. The fraction of sp³-hybridized carbons (Fsp3) is 0.529. The third-order valence-corrected chi connectivity index (χ3v) is 4.26. The van der Waals surface area contributed by atoms with E-state index in [9.17, 15) is 4.79 Å². The van der Waals surface area contributed by atoms with Gasteiger partial charge in [-0.3, -0.25) is 9.78 Å². The highest BCUT2D eigenvalue weighted by molar-refractivity contribution is 5.76. The summed E-state index contributed by atoms with van der Waals surface area (Å²) in [5.74, 6) is 1.43. The first-order valence-corrected chi connectivity index (χ1v) is 8.23. The smallest absolute Gasteiger partial charge is 0.249 e. The summed E-state index contributed by atoms with van der Waals surface area (Å²) in [6.45, 7) is 2.20. The minimum absolute atomic E-state index is 0.0636. The first-order chi connectivity index (χ1) is 11.2. The molecule has 122 valence electrons. The topological polar surface area (TPSA) is 80.9 Å². The molecule has 0 radical (unpaired) electrons. The predicted octanol–water partition coefficient (Wildman–Crippen LogP) is 3.03. The molecule has 0 atom stereocenters. The molecule has 1 saturated carbocycles. The number of rotatable bonds is 5. The highest BCUT2D eigenvalue weighted by atomic mass is 16.4. The van der Waals surface area contributed by atoms with Crippen LogP contribution in [-0.2, 0) is 11.3 Å². The Bertz CT molecular complexity index is 645. The fourth-order valence-electron chi connectivity index (χ4n) is 2.94. The number of pyridine rings is 1. The van der Waals surface area contributed by atoms with E-state index in [1.807, 2.05) is 19.1 Å². The Labute approximate surface area is 135 Å². The number of aromatic nitrogens is 3. The Hall–Kier alpha value is -2.24. The highest BCUT2D eigenvalue weighted by Gasteiger charge is 2.17. The monoisotopic (exact) mass is 314 g/mol. The zero-order valence-electron chi connectivity index (χ0n) is 13.4. The van der Waals surface area contributed by atoms with Crippen molar-refractivity contribution in [1.29, 1.82) is 0 Å². The van der Waals surface area contributed by atoms with Crippen LogP contribution in [0.3, 0.4) is 0 Å². The second kappa shape index (κ2) is 7.35. The molecule has 2 aromatic rings. The van der Waals surface area contributed by atoms with Crippen LogP contribution in [0.25, 0.3) is 11.5 Å². The van der Waals surface area contributed by atoms with E-state index in [-0.39, 0.29) is 12.5 Å². The Morgan fingerprint density at radius 3 is 2.83 bits per heavy atom.